The summed E-state index contributed by atoms with van der Waals surface area (Å²) in [7, 11) is 0. The van der Waals surface area contributed by atoms with Gasteiger partial charge in [0.15, 0.2) is 0 Å². The Balaban J connectivity index is 2.21. The molecule has 0 saturated heterocycles. The fraction of sp³-hybridized carbons (Fsp3) is 0.200. The molecule has 0 aromatic heterocycles. The molecule has 0 fully saturated rings. The first-order valence-electron chi connectivity index (χ1n) is 5.96. The Morgan fingerprint density at radius 2 is 1.89 bits per heavy atom. The zero-order valence-electron chi connectivity index (χ0n) is 10.8. The third-order valence-electron chi connectivity index (χ3n) is 3.18. The van der Waals surface area contributed by atoms with Crippen molar-refractivity contribution in [3.05, 3.63) is 56.0 Å². The minimum absolute atomic E-state index is 0.279. The molecule has 2 rings (SSSR count). The van der Waals surface area contributed by atoms with E-state index in [1.165, 1.54) is 11.1 Å². The maximum atomic E-state index is 10.0. The lowest BCUT2D eigenvalue weighted by molar-refractivity contribution is 0.465. The van der Waals surface area contributed by atoms with Gasteiger partial charge < -0.3 is 10.4 Å². The van der Waals surface area contributed by atoms with E-state index in [-0.39, 0.29) is 5.75 Å². The van der Waals surface area contributed by atoms with Crippen LogP contribution in [0.2, 0.25) is 0 Å². The van der Waals surface area contributed by atoms with Gasteiger partial charge in [-0.25, -0.2) is 0 Å². The van der Waals surface area contributed by atoms with E-state index < -0.39 is 0 Å². The monoisotopic (exact) mass is 383 g/mol. The lowest BCUT2D eigenvalue weighted by Gasteiger charge is -2.13. The third-order valence-corrected chi connectivity index (χ3v) is 4.24. The van der Waals surface area contributed by atoms with Crippen molar-refractivity contribution in [2.45, 2.75) is 20.4 Å². The van der Waals surface area contributed by atoms with Crippen LogP contribution in [0.15, 0.2) is 39.3 Å². The van der Waals surface area contributed by atoms with Crippen molar-refractivity contribution in [3.8, 4) is 5.75 Å². The van der Waals surface area contributed by atoms with Gasteiger partial charge in [0, 0.05) is 22.3 Å². The number of benzene rings is 2. The fourth-order valence-corrected chi connectivity index (χ4v) is 3.20. The molecule has 0 radical (unpaired) electrons. The SMILES string of the molecule is Cc1cccc(NCc2cc(Br)cc(Br)c2O)c1C. The molecular weight excluding hydrogens is 370 g/mol. The average Bonchev–Trinajstić information content (AvgIpc) is 2.36. The normalized spacial score (nSPS) is 10.5. The number of hydrogen-bond donors (Lipinski definition) is 2. The third kappa shape index (κ3) is 3.31. The maximum absolute atomic E-state index is 10.0. The highest BCUT2D eigenvalue weighted by Crippen LogP contribution is 2.32. The van der Waals surface area contributed by atoms with Crippen LogP contribution in [0.1, 0.15) is 16.7 Å². The van der Waals surface area contributed by atoms with Crippen molar-refractivity contribution in [3.63, 3.8) is 0 Å². The molecule has 0 unspecified atom stereocenters. The van der Waals surface area contributed by atoms with Crippen LogP contribution in [0.4, 0.5) is 5.69 Å². The molecule has 0 aliphatic rings. The highest BCUT2D eigenvalue weighted by molar-refractivity contribution is 9.11. The van der Waals surface area contributed by atoms with Gasteiger partial charge in [-0.15, -0.1) is 0 Å². The molecule has 2 nitrogen and oxygen atoms in total. The Morgan fingerprint density at radius 1 is 1.16 bits per heavy atom. The fourth-order valence-electron chi connectivity index (χ4n) is 1.89. The van der Waals surface area contributed by atoms with Gasteiger partial charge in [0.2, 0.25) is 0 Å². The summed E-state index contributed by atoms with van der Waals surface area (Å²) in [6, 6.07) is 9.91. The summed E-state index contributed by atoms with van der Waals surface area (Å²) in [6.07, 6.45) is 0. The first-order valence-corrected chi connectivity index (χ1v) is 7.54. The quantitative estimate of drug-likeness (QED) is 0.767. The average molecular weight is 385 g/mol. The van der Waals surface area contributed by atoms with Gasteiger partial charge in [-0.3, -0.25) is 0 Å². The Bertz CT molecular complexity index is 611. The van der Waals surface area contributed by atoms with Crippen molar-refractivity contribution < 1.29 is 5.11 Å². The van der Waals surface area contributed by atoms with Crippen molar-refractivity contribution in [2.24, 2.45) is 0 Å². The predicted octanol–water partition coefficient (Wildman–Crippen LogP) is 5.15. The maximum Gasteiger partial charge on any atom is 0.134 e. The van der Waals surface area contributed by atoms with E-state index in [0.29, 0.717) is 11.0 Å². The van der Waals surface area contributed by atoms with Crippen LogP contribution in [-0.2, 0) is 6.54 Å². The molecular formula is C15H15Br2NO. The smallest absolute Gasteiger partial charge is 0.134 e. The van der Waals surface area contributed by atoms with Crippen LogP contribution in [0, 0.1) is 13.8 Å². The van der Waals surface area contributed by atoms with Gasteiger partial charge >= 0.3 is 0 Å². The van der Waals surface area contributed by atoms with E-state index >= 15 is 0 Å². The Kier molecular flexibility index (Phi) is 4.53. The van der Waals surface area contributed by atoms with Crippen LogP contribution >= 0.6 is 31.9 Å². The summed E-state index contributed by atoms with van der Waals surface area (Å²) >= 11 is 6.77. The second-order valence-electron chi connectivity index (χ2n) is 4.50. The van der Waals surface area contributed by atoms with E-state index in [2.05, 4.69) is 57.1 Å². The van der Waals surface area contributed by atoms with E-state index in [1.54, 1.807) is 0 Å². The van der Waals surface area contributed by atoms with Crippen molar-refractivity contribution >= 4 is 37.5 Å². The second-order valence-corrected chi connectivity index (χ2v) is 6.27. The number of hydrogen-bond acceptors (Lipinski definition) is 2. The molecule has 2 aromatic carbocycles. The molecule has 19 heavy (non-hydrogen) atoms. The number of aryl methyl sites for hydroxylation is 1. The number of phenolic OH excluding ortho intramolecular Hbond substituents is 1. The molecule has 0 heterocycles. The van der Waals surface area contributed by atoms with Crippen molar-refractivity contribution in [1.29, 1.82) is 0 Å². The summed E-state index contributed by atoms with van der Waals surface area (Å²) in [5.41, 5.74) is 4.43. The van der Waals surface area contributed by atoms with Crippen LogP contribution in [-0.4, -0.2) is 5.11 Å². The molecule has 2 N–H and O–H groups in total. The Labute approximate surface area is 130 Å². The van der Waals surface area contributed by atoms with Gasteiger partial charge in [-0.2, -0.15) is 0 Å². The molecule has 2 aromatic rings. The predicted molar refractivity (Wildman–Crippen MR) is 86.7 cm³/mol. The Morgan fingerprint density at radius 3 is 2.63 bits per heavy atom. The highest BCUT2D eigenvalue weighted by Gasteiger charge is 2.08. The minimum atomic E-state index is 0.279. The highest BCUT2D eigenvalue weighted by atomic mass is 79.9. The van der Waals surface area contributed by atoms with Gasteiger partial charge in [-0.05, 0) is 59.1 Å². The molecule has 0 aliphatic carbocycles. The van der Waals surface area contributed by atoms with Gasteiger partial charge in [0.25, 0.3) is 0 Å². The van der Waals surface area contributed by atoms with E-state index in [1.807, 2.05) is 24.3 Å². The zero-order chi connectivity index (χ0) is 14.0. The number of aromatic hydroxyl groups is 1. The summed E-state index contributed by atoms with van der Waals surface area (Å²) in [4.78, 5) is 0. The molecule has 0 atom stereocenters. The molecule has 4 heteroatoms. The summed E-state index contributed by atoms with van der Waals surface area (Å²) < 4.78 is 1.63. The molecule has 100 valence electrons. The number of rotatable bonds is 3. The lowest BCUT2D eigenvalue weighted by atomic mass is 10.1. The van der Waals surface area contributed by atoms with E-state index in [4.69, 9.17) is 0 Å². The van der Waals surface area contributed by atoms with Crippen LogP contribution in [0.5, 0.6) is 5.75 Å². The molecule has 0 aliphatic heterocycles. The largest absolute Gasteiger partial charge is 0.506 e. The second kappa shape index (κ2) is 5.97. The summed E-state index contributed by atoms with van der Waals surface area (Å²) in [5, 5.41) is 13.4. The molecule has 0 saturated carbocycles. The number of anilines is 1. The van der Waals surface area contributed by atoms with Crippen LogP contribution < -0.4 is 5.32 Å². The first kappa shape index (κ1) is 14.4. The summed E-state index contributed by atoms with van der Waals surface area (Å²) in [6.45, 7) is 4.76. The lowest BCUT2D eigenvalue weighted by Crippen LogP contribution is -2.02. The van der Waals surface area contributed by atoms with Gasteiger partial charge in [0.1, 0.15) is 5.75 Å². The molecule has 0 bridgehead atoms. The number of halogens is 2. The van der Waals surface area contributed by atoms with Crippen molar-refractivity contribution in [1.82, 2.24) is 0 Å². The van der Waals surface area contributed by atoms with Crippen LogP contribution in [0.25, 0.3) is 0 Å². The zero-order valence-corrected chi connectivity index (χ0v) is 14.0. The number of phenols is 1. The van der Waals surface area contributed by atoms with Crippen LogP contribution in [0.3, 0.4) is 0 Å². The Hall–Kier alpha value is -1.00. The molecule has 0 spiro atoms. The number of nitrogens with one attached hydrogen (secondary N) is 1. The first-order chi connectivity index (χ1) is 8.99. The summed E-state index contributed by atoms with van der Waals surface area (Å²) in [5.74, 6) is 0.279. The van der Waals surface area contributed by atoms with E-state index in [9.17, 15) is 5.11 Å². The van der Waals surface area contributed by atoms with E-state index in [0.717, 1.165) is 15.7 Å². The minimum Gasteiger partial charge on any atom is -0.506 e. The van der Waals surface area contributed by atoms with Crippen molar-refractivity contribution in [2.75, 3.05) is 5.32 Å². The van der Waals surface area contributed by atoms with Gasteiger partial charge in [0.05, 0.1) is 4.47 Å². The van der Waals surface area contributed by atoms with Gasteiger partial charge in [-0.1, -0.05) is 28.1 Å². The topological polar surface area (TPSA) is 32.3 Å². The molecule has 0 amide bonds. The standard InChI is InChI=1S/C15H15Br2NO/c1-9-4-3-5-14(10(9)2)18-8-11-6-12(16)7-13(17)15(11)19/h3-7,18-19H,8H2,1-2H3.